The van der Waals surface area contributed by atoms with Crippen molar-refractivity contribution in [1.82, 2.24) is 0 Å². The van der Waals surface area contributed by atoms with Crippen molar-refractivity contribution in [2.24, 2.45) is 33.5 Å². The van der Waals surface area contributed by atoms with E-state index in [1.54, 1.807) is 0 Å². The Balaban J connectivity index is 0. The lowest BCUT2D eigenvalue weighted by Gasteiger charge is -2.30. The van der Waals surface area contributed by atoms with E-state index in [4.69, 9.17) is 0 Å². The highest BCUT2D eigenvalue weighted by molar-refractivity contribution is 4.73. The van der Waals surface area contributed by atoms with Gasteiger partial charge in [-0.05, 0) is 59.2 Å². The van der Waals surface area contributed by atoms with Crippen LogP contribution in [0.5, 0.6) is 0 Å². The third-order valence-corrected chi connectivity index (χ3v) is 4.73. The Morgan fingerprint density at radius 2 is 0.875 bits per heavy atom. The van der Waals surface area contributed by atoms with Crippen molar-refractivity contribution in [3.63, 3.8) is 0 Å². The van der Waals surface area contributed by atoms with E-state index < -0.39 is 0 Å². The zero-order valence-corrected chi connectivity index (χ0v) is 20.0. The van der Waals surface area contributed by atoms with Crippen LogP contribution in [0.15, 0.2) is 0 Å². The molecule has 148 valence electrons. The summed E-state index contributed by atoms with van der Waals surface area (Å²) < 4.78 is 0. The van der Waals surface area contributed by atoms with E-state index in [-0.39, 0.29) is 0 Å². The fraction of sp³-hybridized carbons (Fsp3) is 1.00. The van der Waals surface area contributed by atoms with Gasteiger partial charge in [0.15, 0.2) is 0 Å². The lowest BCUT2D eigenvalue weighted by atomic mass is 9.76. The van der Waals surface area contributed by atoms with Crippen LogP contribution in [-0.2, 0) is 0 Å². The minimum Gasteiger partial charge on any atom is -0.0625 e. The SMILES string of the molecule is CC(CC(C)(C)C)CC(C)(C)C.CC(CCC(C)(C)C)C(C)(C)C. The van der Waals surface area contributed by atoms with E-state index in [0.717, 1.165) is 11.8 Å². The van der Waals surface area contributed by atoms with Gasteiger partial charge in [-0.3, -0.25) is 0 Å². The van der Waals surface area contributed by atoms with Gasteiger partial charge in [0.25, 0.3) is 0 Å². The Morgan fingerprint density at radius 1 is 0.542 bits per heavy atom. The number of rotatable bonds is 4. The molecule has 0 N–H and O–H groups in total. The molecular weight excluding hydrogens is 288 g/mol. The van der Waals surface area contributed by atoms with Crippen molar-refractivity contribution in [1.29, 1.82) is 0 Å². The average molecular weight is 341 g/mol. The van der Waals surface area contributed by atoms with Crippen molar-refractivity contribution in [2.75, 3.05) is 0 Å². The highest BCUT2D eigenvalue weighted by atomic mass is 14.3. The molecule has 0 aromatic heterocycles. The van der Waals surface area contributed by atoms with E-state index in [9.17, 15) is 0 Å². The maximum Gasteiger partial charge on any atom is -0.0357 e. The summed E-state index contributed by atoms with van der Waals surface area (Å²) >= 11 is 0. The molecule has 0 aromatic carbocycles. The van der Waals surface area contributed by atoms with Gasteiger partial charge < -0.3 is 0 Å². The second-order valence-electron chi connectivity index (χ2n) is 13.0. The van der Waals surface area contributed by atoms with Crippen LogP contribution >= 0.6 is 0 Å². The van der Waals surface area contributed by atoms with E-state index in [1.807, 2.05) is 0 Å². The van der Waals surface area contributed by atoms with E-state index in [0.29, 0.717) is 21.7 Å². The Labute approximate surface area is 156 Å². The second kappa shape index (κ2) is 9.63. The Kier molecular flexibility index (Phi) is 10.5. The molecule has 0 heterocycles. The van der Waals surface area contributed by atoms with Gasteiger partial charge >= 0.3 is 0 Å². The van der Waals surface area contributed by atoms with Crippen LogP contribution < -0.4 is 0 Å². The van der Waals surface area contributed by atoms with Gasteiger partial charge in [-0.1, -0.05) is 96.9 Å². The van der Waals surface area contributed by atoms with Crippen LogP contribution in [0, 0.1) is 33.5 Å². The summed E-state index contributed by atoms with van der Waals surface area (Å²) in [6, 6.07) is 0. The van der Waals surface area contributed by atoms with Crippen LogP contribution in [0.2, 0.25) is 0 Å². The first-order chi connectivity index (χ1) is 10.2. The van der Waals surface area contributed by atoms with Crippen molar-refractivity contribution >= 4 is 0 Å². The summed E-state index contributed by atoms with van der Waals surface area (Å²) in [5, 5.41) is 0. The van der Waals surface area contributed by atoms with Crippen LogP contribution in [0.3, 0.4) is 0 Å². The molecule has 0 amide bonds. The van der Waals surface area contributed by atoms with Crippen LogP contribution in [0.1, 0.15) is 123 Å². The maximum absolute atomic E-state index is 2.37. The second-order valence-corrected chi connectivity index (χ2v) is 13.0. The lowest BCUT2D eigenvalue weighted by molar-refractivity contribution is 0.213. The molecule has 0 fully saturated rings. The molecule has 0 nitrogen and oxygen atoms in total. The van der Waals surface area contributed by atoms with E-state index in [2.05, 4.69) is 96.9 Å². The van der Waals surface area contributed by atoms with E-state index >= 15 is 0 Å². The minimum atomic E-state index is 0.477. The number of hydrogen-bond acceptors (Lipinski definition) is 0. The molecule has 1 unspecified atom stereocenters. The zero-order valence-electron chi connectivity index (χ0n) is 20.0. The predicted molar refractivity (Wildman–Crippen MR) is 115 cm³/mol. The third kappa shape index (κ3) is 20.0. The molecule has 0 bridgehead atoms. The number of hydrogen-bond donors (Lipinski definition) is 0. The van der Waals surface area contributed by atoms with Crippen LogP contribution in [0.25, 0.3) is 0 Å². The molecule has 0 aliphatic carbocycles. The fourth-order valence-corrected chi connectivity index (χ4v) is 3.25. The Bertz CT molecular complexity index is 292. The summed E-state index contributed by atoms with van der Waals surface area (Å²) in [4.78, 5) is 0. The van der Waals surface area contributed by atoms with Crippen molar-refractivity contribution in [2.45, 2.75) is 123 Å². The molecule has 1 atom stereocenters. The summed E-state index contributed by atoms with van der Waals surface area (Å²) in [7, 11) is 0. The minimum absolute atomic E-state index is 0.477. The van der Waals surface area contributed by atoms with Crippen molar-refractivity contribution in [3.8, 4) is 0 Å². The topological polar surface area (TPSA) is 0 Å². The monoisotopic (exact) mass is 340 g/mol. The lowest BCUT2D eigenvalue weighted by Crippen LogP contribution is -2.19. The van der Waals surface area contributed by atoms with E-state index in [1.165, 1.54) is 25.7 Å². The largest absolute Gasteiger partial charge is 0.0625 e. The quantitative estimate of drug-likeness (QED) is 0.479. The molecule has 0 saturated heterocycles. The highest BCUT2D eigenvalue weighted by Gasteiger charge is 2.22. The molecule has 0 aromatic rings. The maximum atomic E-state index is 2.37. The van der Waals surface area contributed by atoms with Gasteiger partial charge in [0.05, 0.1) is 0 Å². The molecule has 24 heavy (non-hydrogen) atoms. The van der Waals surface area contributed by atoms with Gasteiger partial charge in [0.2, 0.25) is 0 Å². The smallest absolute Gasteiger partial charge is 0.0357 e. The first kappa shape index (κ1) is 26.2. The van der Waals surface area contributed by atoms with Gasteiger partial charge in [-0.15, -0.1) is 0 Å². The Hall–Kier alpha value is 0. The van der Waals surface area contributed by atoms with Crippen molar-refractivity contribution < 1.29 is 0 Å². The Morgan fingerprint density at radius 3 is 1.08 bits per heavy atom. The molecule has 0 saturated carbocycles. The summed E-state index contributed by atoms with van der Waals surface area (Å²) in [6.45, 7) is 32.7. The van der Waals surface area contributed by atoms with Crippen LogP contribution in [0.4, 0.5) is 0 Å². The first-order valence-corrected chi connectivity index (χ1v) is 10.2. The average Bonchev–Trinajstić information content (AvgIpc) is 2.18. The molecule has 0 rings (SSSR count). The van der Waals surface area contributed by atoms with Gasteiger partial charge in [-0.2, -0.15) is 0 Å². The van der Waals surface area contributed by atoms with Gasteiger partial charge in [0, 0.05) is 0 Å². The molecule has 0 radical (unpaired) electrons. The van der Waals surface area contributed by atoms with Gasteiger partial charge in [-0.25, -0.2) is 0 Å². The van der Waals surface area contributed by atoms with Crippen molar-refractivity contribution in [3.05, 3.63) is 0 Å². The zero-order chi connectivity index (χ0) is 20.0. The predicted octanol–water partition coefficient (Wildman–Crippen LogP) is 8.99. The summed E-state index contributed by atoms with van der Waals surface area (Å²) in [5.74, 6) is 1.68. The first-order valence-electron chi connectivity index (χ1n) is 10.2. The molecule has 0 aliphatic rings. The summed E-state index contributed by atoms with van der Waals surface area (Å²) in [5.41, 5.74) is 1.96. The van der Waals surface area contributed by atoms with Crippen LogP contribution in [-0.4, -0.2) is 0 Å². The molecule has 0 spiro atoms. The fourth-order valence-electron chi connectivity index (χ4n) is 3.25. The standard InChI is InChI=1S/2C12H26/c1-10(8-11(2,3)4)9-12(5,6)7;1-10(12(5,6)7)8-9-11(2,3)4/h2*10H,8-9H2,1-7H3. The third-order valence-electron chi connectivity index (χ3n) is 4.73. The highest BCUT2D eigenvalue weighted by Crippen LogP contribution is 2.33. The van der Waals surface area contributed by atoms with Gasteiger partial charge in [0.1, 0.15) is 0 Å². The summed E-state index contributed by atoms with van der Waals surface area (Å²) in [6.07, 6.45) is 5.37. The normalized spacial score (nSPS) is 15.1. The molecule has 0 aliphatic heterocycles. The molecular formula is C24H52. The molecule has 0 heteroatoms.